The van der Waals surface area contributed by atoms with Crippen LogP contribution in [0.1, 0.15) is 235 Å². The molecule has 0 saturated carbocycles. The molecule has 0 radical (unpaired) electrons. The van der Waals surface area contributed by atoms with E-state index in [0.717, 1.165) is 34.1 Å². The van der Waals surface area contributed by atoms with Crippen LogP contribution in [0.2, 0.25) is 0 Å². The Morgan fingerprint density at radius 2 is 0.721 bits per heavy atom. The smallest absolute Gasteiger partial charge is 0.411 e. The fourth-order valence-corrected chi connectivity index (χ4v) is 9.53. The van der Waals surface area contributed by atoms with E-state index in [9.17, 15) is 0 Å². The zero-order chi connectivity index (χ0) is 50.1. The van der Waals surface area contributed by atoms with Gasteiger partial charge in [0.05, 0.1) is 13.1 Å². The third-order valence-electron chi connectivity index (χ3n) is 13.1. The summed E-state index contributed by atoms with van der Waals surface area (Å²) in [5.41, 5.74) is 15.0. The number of ether oxygens (including phenoxy) is 1. The number of aromatic nitrogens is 6. The summed E-state index contributed by atoms with van der Waals surface area (Å²) in [6.07, 6.45) is 3.90. The molecule has 0 aliphatic rings. The third-order valence-corrected chi connectivity index (χ3v) is 13.1. The summed E-state index contributed by atoms with van der Waals surface area (Å²) in [4.78, 5) is 17.0. The highest BCUT2D eigenvalue weighted by atomic mass is 16.6. The second kappa shape index (κ2) is 21.0. The molecule has 6 aromatic rings. The van der Waals surface area contributed by atoms with Gasteiger partial charge >= 0.3 is 6.09 Å². The van der Waals surface area contributed by atoms with Gasteiger partial charge in [-0.05, 0) is 68.1 Å². The maximum absolute atomic E-state index is 15.1. The lowest BCUT2D eigenvalue weighted by atomic mass is 9.92. The lowest BCUT2D eigenvalue weighted by molar-refractivity contribution is -0.662. The average molecular weight is 922 g/mol. The molecule has 0 aliphatic carbocycles. The van der Waals surface area contributed by atoms with Gasteiger partial charge in [0.15, 0.2) is 46.5 Å². The molecule has 6 rings (SSSR count). The number of carbonyl (C=O) groups is 1. The summed E-state index contributed by atoms with van der Waals surface area (Å²) in [5.74, 6) is 1.89. The first-order chi connectivity index (χ1) is 31.9. The lowest BCUT2D eigenvalue weighted by Crippen LogP contribution is -2.37. The topological polar surface area (TPSA) is 72.9 Å². The van der Waals surface area contributed by atoms with E-state index in [1.807, 2.05) is 25.7 Å². The van der Waals surface area contributed by atoms with E-state index in [4.69, 9.17) is 15.2 Å². The standard InChI is InChI=1S/C59H83N7O2/c1-36(2)46-24-20-25-47(37(3)4)54(46)63-34-44(65(60-63)56-50(40(9)10)28-22-29-51(56)41(11)12)32-62(58(67)68-59(17,18)19)33-45-35-64(55-48(38(5)6)26-21-27-49(55)39(7)8)61-66(45)57-52(42(13)14)30-23-31-53(57)43(15)16/h20-31,34-43H,32-33H2,1-19H3/q+2. The van der Waals surface area contributed by atoms with E-state index in [-0.39, 0.29) is 60.4 Å². The van der Waals surface area contributed by atoms with Crippen molar-refractivity contribution in [1.82, 2.24) is 24.7 Å². The average Bonchev–Trinajstić information content (AvgIpc) is 3.88. The molecule has 2 heterocycles. The second-order valence-electron chi connectivity index (χ2n) is 22.4. The van der Waals surface area contributed by atoms with E-state index in [2.05, 4.69) is 215 Å². The van der Waals surface area contributed by atoms with Crippen LogP contribution in [0.15, 0.2) is 85.2 Å². The summed E-state index contributed by atoms with van der Waals surface area (Å²) in [6, 6.07) is 26.5. The Hall–Kier alpha value is -5.57. The van der Waals surface area contributed by atoms with Crippen LogP contribution in [0.25, 0.3) is 22.7 Å². The van der Waals surface area contributed by atoms with Crippen molar-refractivity contribution in [2.24, 2.45) is 0 Å². The van der Waals surface area contributed by atoms with Crippen LogP contribution in [0.3, 0.4) is 0 Å². The molecule has 0 unspecified atom stereocenters. The monoisotopic (exact) mass is 922 g/mol. The van der Waals surface area contributed by atoms with E-state index in [1.54, 1.807) is 0 Å². The van der Waals surface area contributed by atoms with Gasteiger partial charge in [0.2, 0.25) is 0 Å². The molecule has 9 heteroatoms. The molecular formula is C59H83N7O2+2. The quantitative estimate of drug-likeness (QED) is 0.0907. The van der Waals surface area contributed by atoms with Crippen molar-refractivity contribution in [2.45, 2.75) is 198 Å². The van der Waals surface area contributed by atoms with Gasteiger partial charge in [0.1, 0.15) is 16.0 Å². The first-order valence-electron chi connectivity index (χ1n) is 25.4. The summed E-state index contributed by atoms with van der Waals surface area (Å²) in [6.45, 7) is 42.2. The number of hydrogen-bond donors (Lipinski definition) is 0. The first-order valence-corrected chi connectivity index (χ1v) is 25.4. The Bertz CT molecular complexity index is 2430. The molecule has 68 heavy (non-hydrogen) atoms. The SMILES string of the molecule is CC(C)c1cccc(C(C)C)c1-n1n[n+](-c2c(C(C)C)cccc2C(C)C)cc1CN(Cc1c[n+](-c2c(C(C)C)cccc2C(C)C)nn1-c1c(C(C)C)cccc1C(C)C)C(=O)OC(C)(C)C. The first kappa shape index (κ1) is 51.8. The van der Waals surface area contributed by atoms with Gasteiger partial charge in [-0.15, -0.1) is 9.36 Å². The predicted octanol–water partition coefficient (Wildman–Crippen LogP) is 14.5. The summed E-state index contributed by atoms with van der Waals surface area (Å²) in [7, 11) is 0. The highest BCUT2D eigenvalue weighted by Crippen LogP contribution is 2.36. The van der Waals surface area contributed by atoms with Gasteiger partial charge in [-0.25, -0.2) is 4.79 Å². The maximum Gasteiger partial charge on any atom is 0.411 e. The molecule has 0 saturated heterocycles. The van der Waals surface area contributed by atoms with Crippen LogP contribution >= 0.6 is 0 Å². The largest absolute Gasteiger partial charge is 0.444 e. The summed E-state index contributed by atoms with van der Waals surface area (Å²) in [5, 5.41) is 11.1. The maximum atomic E-state index is 15.1. The number of benzene rings is 4. The van der Waals surface area contributed by atoms with Crippen LogP contribution in [0, 0.1) is 0 Å². The molecule has 0 fully saturated rings. The number of nitrogens with zero attached hydrogens (tertiary/aromatic N) is 7. The van der Waals surface area contributed by atoms with Gasteiger partial charge in [-0.2, -0.15) is 0 Å². The summed E-state index contributed by atoms with van der Waals surface area (Å²) >= 11 is 0. The van der Waals surface area contributed by atoms with Crippen molar-refractivity contribution in [3.8, 4) is 22.7 Å². The normalized spacial score (nSPS) is 12.4. The third kappa shape index (κ3) is 11.0. The van der Waals surface area contributed by atoms with Crippen molar-refractivity contribution in [2.75, 3.05) is 0 Å². The minimum Gasteiger partial charge on any atom is -0.444 e. The Morgan fingerprint density at radius 3 is 0.956 bits per heavy atom. The Labute approximate surface area is 409 Å². The van der Waals surface area contributed by atoms with Crippen LogP contribution in [0.4, 0.5) is 4.79 Å². The number of amides is 1. The van der Waals surface area contributed by atoms with Crippen LogP contribution in [0.5, 0.6) is 0 Å². The molecular weight excluding hydrogens is 839 g/mol. The minimum atomic E-state index is -0.746. The van der Waals surface area contributed by atoms with Gasteiger partial charge < -0.3 is 4.74 Å². The van der Waals surface area contributed by atoms with Gasteiger partial charge in [-0.3, -0.25) is 4.90 Å². The Morgan fingerprint density at radius 1 is 0.471 bits per heavy atom. The molecule has 4 aromatic carbocycles. The predicted molar refractivity (Wildman–Crippen MR) is 278 cm³/mol. The molecule has 0 atom stereocenters. The second-order valence-corrected chi connectivity index (χ2v) is 22.4. The van der Waals surface area contributed by atoms with Crippen LogP contribution in [-0.2, 0) is 17.8 Å². The zero-order valence-electron chi connectivity index (χ0n) is 45.1. The summed E-state index contributed by atoms with van der Waals surface area (Å²) < 4.78 is 14.8. The minimum absolute atomic E-state index is 0.216. The molecule has 0 N–H and O–H groups in total. The van der Waals surface area contributed by atoms with Crippen molar-refractivity contribution < 1.29 is 18.9 Å². The molecule has 0 aliphatic heterocycles. The highest BCUT2D eigenvalue weighted by molar-refractivity contribution is 5.68. The highest BCUT2D eigenvalue weighted by Gasteiger charge is 2.36. The zero-order valence-corrected chi connectivity index (χ0v) is 45.1. The Balaban J connectivity index is 1.70. The molecule has 1 amide bonds. The van der Waals surface area contributed by atoms with E-state index in [0.29, 0.717) is 0 Å². The molecule has 2 aromatic heterocycles. The van der Waals surface area contributed by atoms with Crippen molar-refractivity contribution in [3.05, 3.63) is 141 Å². The Kier molecular flexibility index (Phi) is 16.0. The molecule has 0 bridgehead atoms. The van der Waals surface area contributed by atoms with Gasteiger partial charge in [0, 0.05) is 44.5 Å². The fourth-order valence-electron chi connectivity index (χ4n) is 9.53. The lowest BCUT2D eigenvalue weighted by Gasteiger charge is -2.26. The number of rotatable bonds is 16. The van der Waals surface area contributed by atoms with E-state index < -0.39 is 11.7 Å². The fraction of sp³-hybridized carbons (Fsp3) is 0.508. The molecule has 0 spiro atoms. The number of para-hydroxylation sites is 4. The van der Waals surface area contributed by atoms with Crippen LogP contribution in [-0.4, -0.2) is 36.4 Å². The molecule has 9 nitrogen and oxygen atoms in total. The van der Waals surface area contributed by atoms with Crippen molar-refractivity contribution in [3.63, 3.8) is 0 Å². The van der Waals surface area contributed by atoms with Crippen LogP contribution < -0.4 is 9.36 Å². The van der Waals surface area contributed by atoms with Crippen molar-refractivity contribution >= 4 is 6.09 Å². The number of hydrogen-bond acceptors (Lipinski definition) is 4. The molecule has 364 valence electrons. The number of carbonyl (C=O) groups excluding carboxylic acids is 1. The van der Waals surface area contributed by atoms with Gasteiger partial charge in [-0.1, -0.05) is 193 Å². The van der Waals surface area contributed by atoms with Crippen molar-refractivity contribution in [1.29, 1.82) is 0 Å². The van der Waals surface area contributed by atoms with E-state index >= 15 is 4.79 Å². The van der Waals surface area contributed by atoms with E-state index in [1.165, 1.54) is 44.5 Å². The van der Waals surface area contributed by atoms with Gasteiger partial charge in [0.25, 0.3) is 0 Å².